The minimum atomic E-state index is -0.362. The zero-order chi connectivity index (χ0) is 24.1. The number of halogens is 2. The molecule has 34 heavy (non-hydrogen) atoms. The van der Waals surface area contributed by atoms with E-state index in [4.69, 9.17) is 32.7 Å². The number of rotatable bonds is 8. The average molecular weight is 514 g/mol. The van der Waals surface area contributed by atoms with E-state index < -0.39 is 0 Å². The van der Waals surface area contributed by atoms with Crippen molar-refractivity contribution in [1.29, 1.82) is 0 Å². The Kier molecular flexibility index (Phi) is 7.83. The predicted molar refractivity (Wildman–Crippen MR) is 137 cm³/mol. The molecule has 2 amide bonds. The Hall–Kier alpha value is -2.93. The van der Waals surface area contributed by atoms with Gasteiger partial charge in [0.2, 0.25) is 0 Å². The molecule has 0 N–H and O–H groups in total. The van der Waals surface area contributed by atoms with Crippen LogP contribution in [0.5, 0.6) is 11.5 Å². The summed E-state index contributed by atoms with van der Waals surface area (Å²) in [4.78, 5) is 26.8. The van der Waals surface area contributed by atoms with Gasteiger partial charge in [0.15, 0.2) is 0 Å². The molecule has 3 aromatic rings. The van der Waals surface area contributed by atoms with Crippen molar-refractivity contribution in [3.05, 3.63) is 98.4 Å². The fourth-order valence-corrected chi connectivity index (χ4v) is 4.56. The van der Waals surface area contributed by atoms with E-state index in [-0.39, 0.29) is 17.7 Å². The lowest BCUT2D eigenvalue weighted by Gasteiger charge is -2.13. The van der Waals surface area contributed by atoms with Crippen molar-refractivity contribution >= 4 is 52.2 Å². The molecule has 0 bridgehead atoms. The average Bonchev–Trinajstić information content (AvgIpc) is 3.07. The van der Waals surface area contributed by atoms with Crippen LogP contribution in [-0.2, 0) is 11.3 Å². The monoisotopic (exact) mass is 513 g/mol. The van der Waals surface area contributed by atoms with Crippen LogP contribution in [0.15, 0.2) is 71.6 Å². The number of imide groups is 1. The molecule has 3 aromatic carbocycles. The van der Waals surface area contributed by atoms with Gasteiger partial charge in [0.05, 0.1) is 11.4 Å². The summed E-state index contributed by atoms with van der Waals surface area (Å²) in [6.45, 7) is 2.88. The summed E-state index contributed by atoms with van der Waals surface area (Å²) in [5.41, 5.74) is 2.58. The summed E-state index contributed by atoms with van der Waals surface area (Å²) >= 11 is 13.0. The minimum Gasteiger partial charge on any atom is -0.490 e. The zero-order valence-corrected chi connectivity index (χ0v) is 20.6. The van der Waals surface area contributed by atoms with E-state index in [0.29, 0.717) is 39.5 Å². The van der Waals surface area contributed by atoms with Crippen molar-refractivity contribution in [3.63, 3.8) is 0 Å². The Morgan fingerprint density at radius 1 is 0.912 bits per heavy atom. The fourth-order valence-electron chi connectivity index (χ4n) is 3.26. The van der Waals surface area contributed by atoms with Gasteiger partial charge in [-0.25, -0.2) is 0 Å². The Bertz CT molecular complexity index is 1240. The van der Waals surface area contributed by atoms with Crippen LogP contribution in [0.2, 0.25) is 10.0 Å². The first-order valence-corrected chi connectivity index (χ1v) is 12.1. The third kappa shape index (κ3) is 6.14. The molecule has 0 saturated carbocycles. The van der Waals surface area contributed by atoms with Crippen molar-refractivity contribution in [3.8, 4) is 11.5 Å². The number of amides is 2. The molecule has 0 radical (unpaired) electrons. The molecule has 8 heteroatoms. The van der Waals surface area contributed by atoms with Gasteiger partial charge in [0, 0.05) is 10.0 Å². The molecular formula is C26H21Cl2NO4S. The van der Waals surface area contributed by atoms with Crippen LogP contribution in [0.4, 0.5) is 4.79 Å². The highest BCUT2D eigenvalue weighted by Gasteiger charge is 2.35. The van der Waals surface area contributed by atoms with E-state index in [9.17, 15) is 9.59 Å². The van der Waals surface area contributed by atoms with E-state index >= 15 is 0 Å². The van der Waals surface area contributed by atoms with Gasteiger partial charge in [-0.15, -0.1) is 0 Å². The topological polar surface area (TPSA) is 55.8 Å². The summed E-state index contributed by atoms with van der Waals surface area (Å²) in [6, 6.07) is 20.1. The lowest BCUT2D eigenvalue weighted by atomic mass is 10.2. The standard InChI is InChI=1S/C26H21Cl2NO4S/c1-17-5-9-21(10-6-17)32-11-12-33-22-4-2-3-18(13-22)14-24-25(30)29(26(31)34-24)16-19-7-8-20(27)15-23(19)28/h2-10,13-15H,11-12,16H2,1H3/b24-14-. The number of benzene rings is 3. The number of thioether (sulfide) groups is 1. The van der Waals surface area contributed by atoms with Gasteiger partial charge in [0.25, 0.3) is 11.1 Å². The molecule has 174 valence electrons. The second-order valence-electron chi connectivity index (χ2n) is 7.59. The molecule has 5 nitrogen and oxygen atoms in total. The smallest absolute Gasteiger partial charge is 0.293 e. The number of ether oxygens (including phenoxy) is 2. The first kappa shape index (κ1) is 24.2. The van der Waals surface area contributed by atoms with Crippen LogP contribution in [0, 0.1) is 6.92 Å². The van der Waals surface area contributed by atoms with Crippen LogP contribution in [0.1, 0.15) is 16.7 Å². The minimum absolute atomic E-state index is 0.0855. The van der Waals surface area contributed by atoms with E-state index in [1.165, 1.54) is 10.5 Å². The summed E-state index contributed by atoms with van der Waals surface area (Å²) in [6.07, 6.45) is 1.68. The quantitative estimate of drug-likeness (QED) is 0.239. The number of hydrogen-bond donors (Lipinski definition) is 0. The lowest BCUT2D eigenvalue weighted by molar-refractivity contribution is -0.123. The number of carbonyl (C=O) groups excluding carboxylic acids is 2. The maximum absolute atomic E-state index is 12.9. The second kappa shape index (κ2) is 11.0. The van der Waals surface area contributed by atoms with Crippen molar-refractivity contribution in [1.82, 2.24) is 4.90 Å². The van der Waals surface area contributed by atoms with Gasteiger partial charge < -0.3 is 9.47 Å². The van der Waals surface area contributed by atoms with Gasteiger partial charge in [-0.2, -0.15) is 0 Å². The van der Waals surface area contributed by atoms with Gasteiger partial charge >= 0.3 is 0 Å². The highest BCUT2D eigenvalue weighted by atomic mass is 35.5. The zero-order valence-electron chi connectivity index (χ0n) is 18.3. The molecule has 0 atom stereocenters. The van der Waals surface area contributed by atoms with Gasteiger partial charge in [0.1, 0.15) is 24.7 Å². The Labute approximate surface area is 212 Å². The van der Waals surface area contributed by atoms with E-state index in [1.807, 2.05) is 55.5 Å². The number of aryl methyl sites for hydroxylation is 1. The predicted octanol–water partition coefficient (Wildman–Crippen LogP) is 7.00. The Balaban J connectivity index is 1.36. The van der Waals surface area contributed by atoms with Crippen molar-refractivity contribution in [2.75, 3.05) is 13.2 Å². The first-order valence-electron chi connectivity index (χ1n) is 10.5. The molecule has 1 aliphatic rings. The number of nitrogens with zero attached hydrogens (tertiary/aromatic N) is 1. The molecule has 1 fully saturated rings. The summed E-state index contributed by atoms with van der Waals surface area (Å²) in [7, 11) is 0. The van der Waals surface area contributed by atoms with Crippen molar-refractivity contribution in [2.24, 2.45) is 0 Å². The third-order valence-corrected chi connectivity index (χ3v) is 6.51. The Morgan fingerprint density at radius 3 is 2.38 bits per heavy atom. The molecule has 0 aliphatic carbocycles. The van der Waals surface area contributed by atoms with Gasteiger partial charge in [-0.05, 0) is 72.3 Å². The summed E-state index contributed by atoms with van der Waals surface area (Å²) in [5.74, 6) is 1.07. The van der Waals surface area contributed by atoms with E-state index in [2.05, 4.69) is 0 Å². The maximum atomic E-state index is 12.9. The van der Waals surface area contributed by atoms with Crippen molar-refractivity contribution in [2.45, 2.75) is 13.5 Å². The largest absolute Gasteiger partial charge is 0.490 e. The molecule has 4 rings (SSSR count). The van der Waals surface area contributed by atoms with Gasteiger partial charge in [-0.3, -0.25) is 14.5 Å². The first-order chi connectivity index (χ1) is 16.4. The van der Waals surface area contributed by atoms with Crippen LogP contribution < -0.4 is 9.47 Å². The van der Waals surface area contributed by atoms with E-state index in [1.54, 1.807) is 24.3 Å². The molecular weight excluding hydrogens is 493 g/mol. The molecule has 1 saturated heterocycles. The fraction of sp³-hybridized carbons (Fsp3) is 0.154. The number of hydrogen-bond acceptors (Lipinski definition) is 5. The highest BCUT2D eigenvalue weighted by Crippen LogP contribution is 2.35. The number of carbonyl (C=O) groups is 2. The lowest BCUT2D eigenvalue weighted by Crippen LogP contribution is -2.27. The maximum Gasteiger partial charge on any atom is 0.293 e. The van der Waals surface area contributed by atoms with Crippen LogP contribution in [0.3, 0.4) is 0 Å². The van der Waals surface area contributed by atoms with Crippen LogP contribution >= 0.6 is 35.0 Å². The molecule has 1 aliphatic heterocycles. The normalized spacial score (nSPS) is 14.7. The van der Waals surface area contributed by atoms with Gasteiger partial charge in [-0.1, -0.05) is 59.1 Å². The highest BCUT2D eigenvalue weighted by molar-refractivity contribution is 8.18. The summed E-state index contributed by atoms with van der Waals surface area (Å²) < 4.78 is 11.5. The molecule has 1 heterocycles. The third-order valence-electron chi connectivity index (χ3n) is 5.01. The second-order valence-corrected chi connectivity index (χ2v) is 9.42. The summed E-state index contributed by atoms with van der Waals surface area (Å²) in [5, 5.41) is 0.557. The molecule has 0 aromatic heterocycles. The molecule has 0 spiro atoms. The van der Waals surface area contributed by atoms with Crippen LogP contribution in [-0.4, -0.2) is 29.3 Å². The van der Waals surface area contributed by atoms with E-state index in [0.717, 1.165) is 23.1 Å². The molecule has 0 unspecified atom stereocenters. The SMILES string of the molecule is Cc1ccc(OCCOc2cccc(/C=C3\SC(=O)N(Cc4ccc(Cl)cc4Cl)C3=O)c2)cc1. The Morgan fingerprint density at radius 2 is 1.65 bits per heavy atom. The van der Waals surface area contributed by atoms with Crippen molar-refractivity contribution < 1.29 is 19.1 Å². The van der Waals surface area contributed by atoms with Crippen LogP contribution in [0.25, 0.3) is 6.08 Å².